The molecule has 0 aliphatic carbocycles. The fourth-order valence-electron chi connectivity index (χ4n) is 1.29. The Hall–Kier alpha value is -1.97. The van der Waals surface area contributed by atoms with Gasteiger partial charge in [-0.2, -0.15) is 5.10 Å². The summed E-state index contributed by atoms with van der Waals surface area (Å²) in [7, 11) is 1.84. The van der Waals surface area contributed by atoms with Gasteiger partial charge < -0.3 is 0 Å². The summed E-state index contributed by atoms with van der Waals surface area (Å²) in [5, 5.41) is 4.22. The Kier molecular flexibility index (Phi) is 2.10. The van der Waals surface area contributed by atoms with Gasteiger partial charge in [-0.3, -0.25) is 14.5 Å². The van der Waals surface area contributed by atoms with Crippen molar-refractivity contribution in [1.82, 2.24) is 14.8 Å². The van der Waals surface area contributed by atoms with Gasteiger partial charge in [-0.25, -0.2) is 0 Å². The van der Waals surface area contributed by atoms with Crippen LogP contribution in [0.25, 0.3) is 11.3 Å². The molecule has 4 nitrogen and oxygen atoms in total. The van der Waals surface area contributed by atoms with Crippen LogP contribution in [0, 0.1) is 0 Å². The SMILES string of the molecule is Cn1ccc(-c2ccncc2C=O)n1. The second-order valence-electron chi connectivity index (χ2n) is 2.96. The molecule has 70 valence electrons. The van der Waals surface area contributed by atoms with E-state index in [-0.39, 0.29) is 0 Å². The Labute approximate surface area is 81.2 Å². The topological polar surface area (TPSA) is 47.8 Å². The number of pyridine rings is 1. The normalized spacial score (nSPS) is 10.1. The van der Waals surface area contributed by atoms with Crippen molar-refractivity contribution in [1.29, 1.82) is 0 Å². The minimum absolute atomic E-state index is 0.561. The van der Waals surface area contributed by atoms with Crippen LogP contribution in [0.15, 0.2) is 30.7 Å². The van der Waals surface area contributed by atoms with E-state index in [1.165, 1.54) is 6.20 Å². The molecule has 0 unspecified atom stereocenters. The maximum Gasteiger partial charge on any atom is 0.152 e. The summed E-state index contributed by atoms with van der Waals surface area (Å²) in [5.41, 5.74) is 2.17. The summed E-state index contributed by atoms with van der Waals surface area (Å²) in [6.07, 6.45) is 5.81. The molecule has 0 aromatic carbocycles. The number of hydrogen-bond donors (Lipinski definition) is 0. The van der Waals surface area contributed by atoms with Crippen molar-refractivity contribution in [3.8, 4) is 11.3 Å². The van der Waals surface area contributed by atoms with Gasteiger partial charge >= 0.3 is 0 Å². The lowest BCUT2D eigenvalue weighted by molar-refractivity contribution is 0.112. The van der Waals surface area contributed by atoms with Gasteiger partial charge in [0.15, 0.2) is 6.29 Å². The van der Waals surface area contributed by atoms with Crippen molar-refractivity contribution in [3.63, 3.8) is 0 Å². The molecule has 0 saturated carbocycles. The maximum atomic E-state index is 10.7. The van der Waals surface area contributed by atoms with E-state index < -0.39 is 0 Å². The van der Waals surface area contributed by atoms with E-state index in [2.05, 4.69) is 10.1 Å². The Morgan fingerprint density at radius 1 is 1.43 bits per heavy atom. The number of carbonyl (C=O) groups is 1. The van der Waals surface area contributed by atoms with Gasteiger partial charge in [-0.1, -0.05) is 0 Å². The van der Waals surface area contributed by atoms with Gasteiger partial charge in [0, 0.05) is 36.8 Å². The number of aryl methyl sites for hydroxylation is 1. The minimum atomic E-state index is 0.561. The highest BCUT2D eigenvalue weighted by Crippen LogP contribution is 2.18. The largest absolute Gasteiger partial charge is 0.298 e. The lowest BCUT2D eigenvalue weighted by atomic mass is 10.1. The van der Waals surface area contributed by atoms with Crippen molar-refractivity contribution < 1.29 is 4.79 Å². The van der Waals surface area contributed by atoms with Crippen LogP contribution in [-0.2, 0) is 7.05 Å². The molecule has 2 aromatic heterocycles. The smallest absolute Gasteiger partial charge is 0.152 e. The molecule has 0 spiro atoms. The minimum Gasteiger partial charge on any atom is -0.298 e. The maximum absolute atomic E-state index is 10.7. The van der Waals surface area contributed by atoms with Crippen molar-refractivity contribution in [2.45, 2.75) is 0 Å². The molecular weight excluding hydrogens is 178 g/mol. The van der Waals surface area contributed by atoms with E-state index in [4.69, 9.17) is 0 Å². The van der Waals surface area contributed by atoms with Crippen LogP contribution in [-0.4, -0.2) is 21.1 Å². The number of nitrogens with zero attached hydrogens (tertiary/aromatic N) is 3. The average molecular weight is 187 g/mol. The van der Waals surface area contributed by atoms with Crippen LogP contribution in [0.5, 0.6) is 0 Å². The first kappa shape index (κ1) is 8.62. The van der Waals surface area contributed by atoms with Gasteiger partial charge in [0.25, 0.3) is 0 Å². The molecule has 0 N–H and O–H groups in total. The molecule has 0 aliphatic rings. The van der Waals surface area contributed by atoms with Crippen LogP contribution in [0.1, 0.15) is 10.4 Å². The first-order valence-electron chi connectivity index (χ1n) is 4.20. The lowest BCUT2D eigenvalue weighted by Crippen LogP contribution is -1.91. The van der Waals surface area contributed by atoms with Crippen LogP contribution < -0.4 is 0 Å². The van der Waals surface area contributed by atoms with Crippen LogP contribution in [0.2, 0.25) is 0 Å². The average Bonchev–Trinajstić information content (AvgIpc) is 2.65. The molecule has 0 radical (unpaired) electrons. The fourth-order valence-corrected chi connectivity index (χ4v) is 1.29. The zero-order valence-electron chi connectivity index (χ0n) is 7.71. The third-order valence-electron chi connectivity index (χ3n) is 1.97. The summed E-state index contributed by atoms with van der Waals surface area (Å²) in [4.78, 5) is 14.6. The highest BCUT2D eigenvalue weighted by atomic mass is 16.1. The number of rotatable bonds is 2. The zero-order chi connectivity index (χ0) is 9.97. The molecule has 2 heterocycles. The molecule has 0 fully saturated rings. The zero-order valence-corrected chi connectivity index (χ0v) is 7.71. The molecule has 4 heteroatoms. The molecule has 14 heavy (non-hydrogen) atoms. The van der Waals surface area contributed by atoms with Gasteiger partial charge in [-0.05, 0) is 12.1 Å². The van der Waals surface area contributed by atoms with E-state index in [0.717, 1.165) is 17.5 Å². The van der Waals surface area contributed by atoms with E-state index in [1.807, 2.05) is 19.3 Å². The second-order valence-corrected chi connectivity index (χ2v) is 2.96. The van der Waals surface area contributed by atoms with Crippen molar-refractivity contribution in [2.75, 3.05) is 0 Å². The lowest BCUT2D eigenvalue weighted by Gasteiger charge is -1.98. The summed E-state index contributed by atoms with van der Waals surface area (Å²) >= 11 is 0. The number of hydrogen-bond acceptors (Lipinski definition) is 3. The summed E-state index contributed by atoms with van der Waals surface area (Å²) in [6, 6.07) is 3.65. The van der Waals surface area contributed by atoms with Crippen molar-refractivity contribution >= 4 is 6.29 Å². The molecule has 2 aromatic rings. The van der Waals surface area contributed by atoms with Gasteiger partial charge in [-0.15, -0.1) is 0 Å². The van der Waals surface area contributed by atoms with Crippen LogP contribution in [0.4, 0.5) is 0 Å². The quantitative estimate of drug-likeness (QED) is 0.665. The Morgan fingerprint density at radius 2 is 2.29 bits per heavy atom. The van der Waals surface area contributed by atoms with Crippen LogP contribution >= 0.6 is 0 Å². The summed E-state index contributed by atoms with van der Waals surface area (Å²) < 4.78 is 1.70. The highest BCUT2D eigenvalue weighted by molar-refractivity contribution is 5.85. The number of carbonyl (C=O) groups excluding carboxylic acids is 1. The molecule has 0 atom stereocenters. The Morgan fingerprint density at radius 3 is 2.93 bits per heavy atom. The third kappa shape index (κ3) is 1.42. The molecule has 0 bridgehead atoms. The van der Waals surface area contributed by atoms with Gasteiger partial charge in [0.2, 0.25) is 0 Å². The van der Waals surface area contributed by atoms with E-state index in [9.17, 15) is 4.79 Å². The van der Waals surface area contributed by atoms with Crippen LogP contribution in [0.3, 0.4) is 0 Å². The molecule has 2 rings (SSSR count). The second kappa shape index (κ2) is 3.41. The van der Waals surface area contributed by atoms with E-state index in [1.54, 1.807) is 16.9 Å². The predicted octanol–water partition coefficient (Wildman–Crippen LogP) is 1.29. The Balaban J connectivity index is 2.55. The monoisotopic (exact) mass is 187 g/mol. The standard InChI is InChI=1S/C10H9N3O/c1-13-5-3-10(12-13)9-2-4-11-6-8(9)7-14/h2-7H,1H3. The first-order chi connectivity index (χ1) is 6.81. The predicted molar refractivity (Wildman–Crippen MR) is 51.8 cm³/mol. The first-order valence-corrected chi connectivity index (χ1v) is 4.20. The molecule has 0 aliphatic heterocycles. The summed E-state index contributed by atoms with van der Waals surface area (Å²) in [6.45, 7) is 0. The van der Waals surface area contributed by atoms with Crippen molar-refractivity contribution in [2.24, 2.45) is 7.05 Å². The van der Waals surface area contributed by atoms with Gasteiger partial charge in [0.1, 0.15) is 0 Å². The molecule has 0 saturated heterocycles. The number of aldehydes is 1. The highest BCUT2D eigenvalue weighted by Gasteiger charge is 2.05. The molecular formula is C10H9N3O. The fraction of sp³-hybridized carbons (Fsp3) is 0.100. The summed E-state index contributed by atoms with van der Waals surface area (Å²) in [5.74, 6) is 0. The Bertz CT molecular complexity index is 462. The van der Waals surface area contributed by atoms with Crippen molar-refractivity contribution in [3.05, 3.63) is 36.3 Å². The van der Waals surface area contributed by atoms with E-state index >= 15 is 0 Å². The van der Waals surface area contributed by atoms with E-state index in [0.29, 0.717) is 5.56 Å². The van der Waals surface area contributed by atoms with Gasteiger partial charge in [0.05, 0.1) is 5.69 Å². The third-order valence-corrected chi connectivity index (χ3v) is 1.97. The molecule has 0 amide bonds. The number of aromatic nitrogens is 3.